The fourth-order valence-electron chi connectivity index (χ4n) is 3.34. The number of ether oxygens (including phenoxy) is 2. The summed E-state index contributed by atoms with van der Waals surface area (Å²) in [5.41, 5.74) is 2.25. The van der Waals surface area contributed by atoms with E-state index in [1.807, 2.05) is 36.7 Å². The minimum absolute atomic E-state index is 0.648. The minimum atomic E-state index is 0.648. The predicted molar refractivity (Wildman–Crippen MR) is 130 cm³/mol. The summed E-state index contributed by atoms with van der Waals surface area (Å²) in [6.45, 7) is 9.08. The Balaban J connectivity index is 1.64. The lowest BCUT2D eigenvalue weighted by atomic mass is 10.1. The minimum Gasteiger partial charge on any atom is -0.494 e. The second-order valence-corrected chi connectivity index (χ2v) is 8.60. The van der Waals surface area contributed by atoms with Crippen molar-refractivity contribution in [2.75, 3.05) is 19.8 Å². The summed E-state index contributed by atoms with van der Waals surface area (Å²) in [5.74, 6) is 2.32. The van der Waals surface area contributed by atoms with Crippen molar-refractivity contribution in [3.8, 4) is 17.1 Å². The lowest BCUT2D eigenvalue weighted by Crippen LogP contribution is -2.06. The molecule has 4 nitrogen and oxygen atoms in total. The van der Waals surface area contributed by atoms with Crippen LogP contribution in [0.15, 0.2) is 36.7 Å². The second-order valence-electron chi connectivity index (χ2n) is 8.60. The van der Waals surface area contributed by atoms with Crippen molar-refractivity contribution in [3.05, 3.63) is 42.2 Å². The number of aryl methyl sites for hydroxylation is 1. The molecule has 0 fully saturated rings. The molecule has 2 rings (SSSR count). The van der Waals surface area contributed by atoms with E-state index in [4.69, 9.17) is 9.47 Å². The molecule has 0 aliphatic heterocycles. The molecule has 0 aliphatic rings. The molecule has 2 aromatic rings. The van der Waals surface area contributed by atoms with Crippen molar-refractivity contribution >= 4 is 0 Å². The first-order valence-corrected chi connectivity index (χ1v) is 12.3. The molecular weight excluding hydrogens is 384 g/mol. The zero-order chi connectivity index (χ0) is 22.2. The summed E-state index contributed by atoms with van der Waals surface area (Å²) in [7, 11) is 0. The summed E-state index contributed by atoms with van der Waals surface area (Å²) < 4.78 is 11.5. The van der Waals surface area contributed by atoms with E-state index in [2.05, 4.69) is 30.7 Å². The van der Waals surface area contributed by atoms with Gasteiger partial charge < -0.3 is 9.47 Å². The molecule has 1 atom stereocenters. The first-order valence-electron chi connectivity index (χ1n) is 12.3. The van der Waals surface area contributed by atoms with Crippen molar-refractivity contribution in [2.45, 2.75) is 85.0 Å². The fraction of sp³-hybridized carbons (Fsp3) is 0.630. The quantitative estimate of drug-likeness (QED) is 0.250. The van der Waals surface area contributed by atoms with Gasteiger partial charge in [-0.2, -0.15) is 0 Å². The van der Waals surface area contributed by atoms with E-state index in [9.17, 15) is 0 Å². The fourth-order valence-corrected chi connectivity index (χ4v) is 3.34. The van der Waals surface area contributed by atoms with E-state index >= 15 is 0 Å². The maximum Gasteiger partial charge on any atom is 0.159 e. The Labute approximate surface area is 189 Å². The molecular formula is C27H42N2O2. The molecule has 0 unspecified atom stereocenters. The van der Waals surface area contributed by atoms with Crippen LogP contribution >= 0.6 is 0 Å². The smallest absolute Gasteiger partial charge is 0.159 e. The van der Waals surface area contributed by atoms with E-state index in [1.54, 1.807) is 0 Å². The van der Waals surface area contributed by atoms with E-state index in [1.165, 1.54) is 50.5 Å². The molecule has 1 heterocycles. The average molecular weight is 427 g/mol. The SMILES string of the molecule is CCCCCCCCc1cnc(-c2ccc(OCCCCOC[C@@H](C)CC)cc2)nc1. The predicted octanol–water partition coefficient (Wildman–Crippen LogP) is 7.27. The Morgan fingerprint density at radius 3 is 2.19 bits per heavy atom. The van der Waals surface area contributed by atoms with E-state index in [0.29, 0.717) is 5.92 Å². The molecule has 0 spiro atoms. The van der Waals surface area contributed by atoms with E-state index in [0.717, 1.165) is 56.2 Å². The van der Waals surface area contributed by atoms with E-state index < -0.39 is 0 Å². The van der Waals surface area contributed by atoms with Crippen LogP contribution in [0.2, 0.25) is 0 Å². The lowest BCUT2D eigenvalue weighted by molar-refractivity contribution is 0.0977. The van der Waals surface area contributed by atoms with Gasteiger partial charge in [0, 0.05) is 31.2 Å². The molecule has 0 aliphatic carbocycles. The van der Waals surface area contributed by atoms with Crippen molar-refractivity contribution in [1.82, 2.24) is 9.97 Å². The molecule has 4 heteroatoms. The maximum absolute atomic E-state index is 5.85. The van der Waals surface area contributed by atoms with Crippen molar-refractivity contribution in [3.63, 3.8) is 0 Å². The third-order valence-corrected chi connectivity index (χ3v) is 5.69. The summed E-state index contributed by atoms with van der Waals surface area (Å²) in [5, 5.41) is 0. The Morgan fingerprint density at radius 1 is 0.806 bits per heavy atom. The van der Waals surface area contributed by atoms with Crippen molar-refractivity contribution < 1.29 is 9.47 Å². The standard InChI is InChI=1S/C27H42N2O2/c1-4-6-7-8-9-10-13-24-20-28-27(29-21-24)25-14-16-26(17-15-25)31-19-12-11-18-30-22-23(3)5-2/h14-17,20-21,23H,4-13,18-19,22H2,1-3H3/t23-/m0/s1. The molecule has 0 saturated carbocycles. The molecule has 0 radical (unpaired) electrons. The normalized spacial score (nSPS) is 12.1. The molecule has 172 valence electrons. The van der Waals surface area contributed by atoms with E-state index in [-0.39, 0.29) is 0 Å². The number of rotatable bonds is 17. The van der Waals surface area contributed by atoms with Crippen LogP contribution in [-0.2, 0) is 11.2 Å². The number of hydrogen-bond donors (Lipinski definition) is 0. The van der Waals surface area contributed by atoms with Crippen molar-refractivity contribution in [1.29, 1.82) is 0 Å². The van der Waals surface area contributed by atoms with Gasteiger partial charge in [0.05, 0.1) is 6.61 Å². The highest BCUT2D eigenvalue weighted by atomic mass is 16.5. The van der Waals surface area contributed by atoms with Crippen LogP contribution in [-0.4, -0.2) is 29.8 Å². The highest BCUT2D eigenvalue weighted by Gasteiger charge is 2.03. The first kappa shape index (κ1) is 25.3. The number of nitrogens with zero attached hydrogens (tertiary/aromatic N) is 2. The van der Waals surface area contributed by atoms with Crippen LogP contribution < -0.4 is 4.74 Å². The summed E-state index contributed by atoms with van der Waals surface area (Å²) in [6.07, 6.45) is 16.1. The monoisotopic (exact) mass is 426 g/mol. The van der Waals surface area contributed by atoms with Crippen LogP contribution in [0, 0.1) is 5.92 Å². The average Bonchev–Trinajstić information content (AvgIpc) is 2.81. The zero-order valence-electron chi connectivity index (χ0n) is 19.9. The topological polar surface area (TPSA) is 44.2 Å². The zero-order valence-corrected chi connectivity index (χ0v) is 19.9. The van der Waals surface area contributed by atoms with Gasteiger partial charge in [0.1, 0.15) is 5.75 Å². The Hall–Kier alpha value is -1.94. The van der Waals surface area contributed by atoms with Gasteiger partial charge in [-0.15, -0.1) is 0 Å². The van der Waals surface area contributed by atoms with Crippen molar-refractivity contribution in [2.24, 2.45) is 5.92 Å². The summed E-state index contributed by atoms with van der Waals surface area (Å²) in [4.78, 5) is 9.13. The third-order valence-electron chi connectivity index (χ3n) is 5.69. The molecule has 0 N–H and O–H groups in total. The molecule has 31 heavy (non-hydrogen) atoms. The van der Waals surface area contributed by atoms with Gasteiger partial charge in [0.15, 0.2) is 5.82 Å². The van der Waals surface area contributed by atoms with Gasteiger partial charge in [-0.1, -0.05) is 59.3 Å². The van der Waals surface area contributed by atoms with Crippen LogP contribution in [0.25, 0.3) is 11.4 Å². The van der Waals surface area contributed by atoms with Gasteiger partial charge in [0.2, 0.25) is 0 Å². The molecule has 1 aromatic carbocycles. The summed E-state index contributed by atoms with van der Waals surface area (Å²) >= 11 is 0. The molecule has 1 aromatic heterocycles. The Bertz CT molecular complexity index is 685. The molecule has 0 amide bonds. The van der Waals surface area contributed by atoms with Crippen LogP contribution in [0.4, 0.5) is 0 Å². The summed E-state index contributed by atoms with van der Waals surface area (Å²) in [6, 6.07) is 8.07. The number of benzene rings is 1. The number of aromatic nitrogens is 2. The highest BCUT2D eigenvalue weighted by molar-refractivity contribution is 5.55. The highest BCUT2D eigenvalue weighted by Crippen LogP contribution is 2.20. The van der Waals surface area contributed by atoms with Gasteiger partial charge in [-0.25, -0.2) is 9.97 Å². The molecule has 0 bridgehead atoms. The molecule has 0 saturated heterocycles. The van der Waals surface area contributed by atoms with Gasteiger partial charge in [-0.05, 0) is 61.4 Å². The second kappa shape index (κ2) is 15.8. The Kier molecular flexibility index (Phi) is 12.9. The van der Waals surface area contributed by atoms with Gasteiger partial charge in [-0.3, -0.25) is 0 Å². The number of hydrogen-bond acceptors (Lipinski definition) is 4. The number of unbranched alkanes of at least 4 members (excludes halogenated alkanes) is 6. The van der Waals surface area contributed by atoms with Crippen LogP contribution in [0.3, 0.4) is 0 Å². The first-order chi connectivity index (χ1) is 15.2. The maximum atomic E-state index is 5.85. The Morgan fingerprint density at radius 2 is 1.48 bits per heavy atom. The van der Waals surface area contributed by atoms with Gasteiger partial charge >= 0.3 is 0 Å². The van der Waals surface area contributed by atoms with Crippen LogP contribution in [0.5, 0.6) is 5.75 Å². The third kappa shape index (κ3) is 10.8. The largest absolute Gasteiger partial charge is 0.494 e. The lowest BCUT2D eigenvalue weighted by Gasteiger charge is -2.10. The van der Waals surface area contributed by atoms with Gasteiger partial charge in [0.25, 0.3) is 0 Å². The van der Waals surface area contributed by atoms with Crippen LogP contribution in [0.1, 0.15) is 84.1 Å².